The fraction of sp³-hybridized carbons (Fsp3) is 0.391. The summed E-state index contributed by atoms with van der Waals surface area (Å²) in [4.78, 5) is 26.8. The van der Waals surface area contributed by atoms with Gasteiger partial charge in [0.05, 0.1) is 6.04 Å². The van der Waals surface area contributed by atoms with E-state index in [9.17, 15) is 9.59 Å². The molecule has 0 aliphatic carbocycles. The van der Waals surface area contributed by atoms with Gasteiger partial charge in [-0.1, -0.05) is 81.4 Å². The van der Waals surface area contributed by atoms with E-state index >= 15 is 0 Å². The van der Waals surface area contributed by atoms with E-state index in [1.807, 2.05) is 67.6 Å². The molecule has 142 valence electrons. The predicted octanol–water partition coefficient (Wildman–Crippen LogP) is 4.85. The van der Waals surface area contributed by atoms with Crippen molar-refractivity contribution in [3.8, 4) is 0 Å². The number of rotatable bonds is 6. The summed E-state index contributed by atoms with van der Waals surface area (Å²) >= 11 is 0. The fourth-order valence-corrected chi connectivity index (χ4v) is 3.54. The number of benzene rings is 2. The second-order valence-corrected chi connectivity index (χ2v) is 7.63. The van der Waals surface area contributed by atoms with Gasteiger partial charge in [-0.25, -0.2) is 9.69 Å². The van der Waals surface area contributed by atoms with Crippen LogP contribution in [0.3, 0.4) is 0 Å². The van der Waals surface area contributed by atoms with E-state index in [1.165, 1.54) is 4.90 Å². The molecule has 2 aromatic carbocycles. The van der Waals surface area contributed by atoms with E-state index < -0.39 is 6.09 Å². The lowest BCUT2D eigenvalue weighted by Gasteiger charge is -2.29. The van der Waals surface area contributed by atoms with Crippen LogP contribution in [0.15, 0.2) is 60.7 Å². The molecule has 0 N–H and O–H groups in total. The van der Waals surface area contributed by atoms with Crippen molar-refractivity contribution in [3.63, 3.8) is 0 Å². The number of hydrogen-bond donors (Lipinski definition) is 0. The summed E-state index contributed by atoms with van der Waals surface area (Å²) in [6, 6.07) is 19.7. The predicted molar refractivity (Wildman–Crippen MR) is 105 cm³/mol. The zero-order chi connectivity index (χ0) is 19.4. The first-order valence-corrected chi connectivity index (χ1v) is 9.57. The first kappa shape index (κ1) is 19.2. The van der Waals surface area contributed by atoms with Crippen molar-refractivity contribution in [2.75, 3.05) is 6.61 Å². The standard InChI is InChI=1S/C23H27NO3/c1-16(2)17(3)14-21(25)24-20(15-27-23(24)26)22(18-10-6-4-7-11-18)19-12-8-5-9-13-19/h4-13,16-17,20,22H,14-15H2,1-3H3/t17-,20-/m0/s1. The van der Waals surface area contributed by atoms with Gasteiger partial charge in [0.1, 0.15) is 6.61 Å². The molecule has 0 radical (unpaired) electrons. The quantitative estimate of drug-likeness (QED) is 0.735. The Bertz CT molecular complexity index is 733. The average molecular weight is 365 g/mol. The van der Waals surface area contributed by atoms with E-state index in [2.05, 4.69) is 13.8 Å². The SMILES string of the molecule is CC(C)[C@@H](C)CC(=O)N1C(=O)OC[C@H]1C(c1ccccc1)c1ccccc1. The number of ether oxygens (including phenoxy) is 1. The summed E-state index contributed by atoms with van der Waals surface area (Å²) in [6.07, 6.45) is -0.183. The molecule has 1 fully saturated rings. The minimum absolute atomic E-state index is 0.114. The smallest absolute Gasteiger partial charge is 0.417 e. The highest BCUT2D eigenvalue weighted by Gasteiger charge is 2.43. The molecular weight excluding hydrogens is 338 g/mol. The van der Waals surface area contributed by atoms with Crippen molar-refractivity contribution < 1.29 is 14.3 Å². The molecule has 27 heavy (non-hydrogen) atoms. The summed E-state index contributed by atoms with van der Waals surface area (Å²) in [7, 11) is 0. The summed E-state index contributed by atoms with van der Waals surface area (Å²) in [5.41, 5.74) is 2.14. The zero-order valence-corrected chi connectivity index (χ0v) is 16.2. The number of amides is 2. The number of carbonyl (C=O) groups excluding carboxylic acids is 2. The van der Waals surface area contributed by atoms with Crippen LogP contribution in [-0.4, -0.2) is 29.5 Å². The molecule has 1 aliphatic rings. The Labute approximate surface area is 161 Å². The highest BCUT2D eigenvalue weighted by molar-refractivity contribution is 5.94. The lowest BCUT2D eigenvalue weighted by atomic mass is 9.84. The van der Waals surface area contributed by atoms with Gasteiger partial charge >= 0.3 is 6.09 Å². The monoisotopic (exact) mass is 365 g/mol. The first-order chi connectivity index (χ1) is 13.0. The molecule has 4 heteroatoms. The molecule has 1 aliphatic heterocycles. The van der Waals surface area contributed by atoms with Crippen molar-refractivity contribution in [2.24, 2.45) is 11.8 Å². The first-order valence-electron chi connectivity index (χ1n) is 9.57. The fourth-order valence-electron chi connectivity index (χ4n) is 3.54. The minimum atomic E-state index is -0.530. The lowest BCUT2D eigenvalue weighted by molar-refractivity contribution is -0.130. The zero-order valence-electron chi connectivity index (χ0n) is 16.2. The van der Waals surface area contributed by atoms with E-state index in [1.54, 1.807) is 0 Å². The molecule has 1 heterocycles. The van der Waals surface area contributed by atoms with Crippen LogP contribution in [0.4, 0.5) is 4.79 Å². The van der Waals surface area contributed by atoms with Crippen LogP contribution in [0.2, 0.25) is 0 Å². The Balaban J connectivity index is 1.95. The molecule has 0 saturated carbocycles. The van der Waals surface area contributed by atoms with Gasteiger partial charge < -0.3 is 4.74 Å². The molecule has 2 atom stereocenters. The molecule has 4 nitrogen and oxygen atoms in total. The van der Waals surface area contributed by atoms with E-state index in [0.29, 0.717) is 12.3 Å². The van der Waals surface area contributed by atoms with E-state index in [4.69, 9.17) is 4.74 Å². The van der Waals surface area contributed by atoms with Crippen molar-refractivity contribution in [1.29, 1.82) is 0 Å². The van der Waals surface area contributed by atoms with Crippen LogP contribution in [0.1, 0.15) is 44.2 Å². The van der Waals surface area contributed by atoms with Gasteiger partial charge in [-0.05, 0) is 23.0 Å². The van der Waals surface area contributed by atoms with Gasteiger partial charge in [-0.15, -0.1) is 0 Å². The number of imide groups is 1. The molecule has 0 aromatic heterocycles. The average Bonchev–Trinajstić information content (AvgIpc) is 3.05. The van der Waals surface area contributed by atoms with Crippen LogP contribution in [0, 0.1) is 11.8 Å². The normalized spacial score (nSPS) is 18.0. The summed E-state index contributed by atoms with van der Waals surface area (Å²) in [6.45, 7) is 6.45. The number of cyclic esters (lactones) is 1. The van der Waals surface area contributed by atoms with Gasteiger partial charge in [-0.2, -0.15) is 0 Å². The van der Waals surface area contributed by atoms with Crippen LogP contribution in [0.5, 0.6) is 0 Å². The maximum atomic E-state index is 13.0. The Kier molecular flexibility index (Phi) is 5.94. The Morgan fingerprint density at radius 1 is 1.00 bits per heavy atom. The largest absolute Gasteiger partial charge is 0.447 e. The molecule has 0 unspecified atom stereocenters. The Hall–Kier alpha value is -2.62. The number of carbonyl (C=O) groups is 2. The van der Waals surface area contributed by atoms with Crippen LogP contribution in [0.25, 0.3) is 0 Å². The third kappa shape index (κ3) is 4.21. The topological polar surface area (TPSA) is 46.6 Å². The van der Waals surface area contributed by atoms with Crippen molar-refractivity contribution in [1.82, 2.24) is 4.90 Å². The summed E-state index contributed by atoms with van der Waals surface area (Å²) in [5.74, 6) is 0.321. The number of nitrogens with zero attached hydrogens (tertiary/aromatic N) is 1. The van der Waals surface area contributed by atoms with Gasteiger partial charge in [-0.3, -0.25) is 4.79 Å². The maximum absolute atomic E-state index is 13.0. The molecule has 0 bridgehead atoms. The van der Waals surface area contributed by atoms with E-state index in [0.717, 1.165) is 11.1 Å². The summed E-state index contributed by atoms with van der Waals surface area (Å²) < 4.78 is 5.33. The molecule has 3 rings (SSSR count). The van der Waals surface area contributed by atoms with Crippen molar-refractivity contribution in [3.05, 3.63) is 71.8 Å². The minimum Gasteiger partial charge on any atom is -0.447 e. The summed E-state index contributed by atoms with van der Waals surface area (Å²) in [5, 5.41) is 0. The molecule has 1 saturated heterocycles. The highest BCUT2D eigenvalue weighted by Crippen LogP contribution is 2.35. The number of hydrogen-bond acceptors (Lipinski definition) is 3. The Morgan fingerprint density at radius 3 is 2.00 bits per heavy atom. The van der Waals surface area contributed by atoms with Crippen molar-refractivity contribution in [2.45, 2.75) is 39.2 Å². The van der Waals surface area contributed by atoms with Gasteiger partial charge in [0.25, 0.3) is 0 Å². The third-order valence-corrected chi connectivity index (χ3v) is 5.51. The van der Waals surface area contributed by atoms with Crippen LogP contribution < -0.4 is 0 Å². The molecular formula is C23H27NO3. The molecule has 2 amide bonds. The van der Waals surface area contributed by atoms with Gasteiger partial charge in [0.15, 0.2) is 0 Å². The molecule has 2 aromatic rings. The van der Waals surface area contributed by atoms with Gasteiger partial charge in [0.2, 0.25) is 5.91 Å². The second-order valence-electron chi connectivity index (χ2n) is 7.63. The highest BCUT2D eigenvalue weighted by atomic mass is 16.6. The maximum Gasteiger partial charge on any atom is 0.417 e. The van der Waals surface area contributed by atoms with E-state index in [-0.39, 0.29) is 30.4 Å². The second kappa shape index (κ2) is 8.38. The van der Waals surface area contributed by atoms with Crippen LogP contribution in [-0.2, 0) is 9.53 Å². The van der Waals surface area contributed by atoms with Gasteiger partial charge in [0, 0.05) is 12.3 Å². The lowest BCUT2D eigenvalue weighted by Crippen LogP contribution is -2.43. The third-order valence-electron chi connectivity index (χ3n) is 5.51. The van der Waals surface area contributed by atoms with Crippen LogP contribution >= 0.6 is 0 Å². The Morgan fingerprint density at radius 2 is 1.52 bits per heavy atom. The van der Waals surface area contributed by atoms with Crippen molar-refractivity contribution >= 4 is 12.0 Å². The molecule has 0 spiro atoms.